The summed E-state index contributed by atoms with van der Waals surface area (Å²) in [5.41, 5.74) is -2.50. The van der Waals surface area contributed by atoms with Crippen LogP contribution in [0.4, 0.5) is 23.2 Å². The van der Waals surface area contributed by atoms with Gasteiger partial charge in [0, 0.05) is 6.07 Å². The molecule has 1 heterocycles. The molecular weight excluding hydrogens is 258 g/mol. The number of rotatable bonds is 2. The van der Waals surface area contributed by atoms with Crippen molar-refractivity contribution >= 4 is 16.7 Å². The van der Waals surface area contributed by atoms with E-state index in [-0.39, 0.29) is 16.9 Å². The van der Waals surface area contributed by atoms with E-state index < -0.39 is 29.0 Å². The minimum atomic E-state index is -4.72. The molecule has 0 aliphatic rings. The Morgan fingerprint density at radius 1 is 1.39 bits per heavy atom. The Hall–Kier alpha value is -2.19. The van der Waals surface area contributed by atoms with Gasteiger partial charge in [-0.1, -0.05) is 0 Å². The summed E-state index contributed by atoms with van der Waals surface area (Å²) in [5.74, 6) is -0.257. The van der Waals surface area contributed by atoms with Crippen LogP contribution >= 0.6 is 0 Å². The van der Waals surface area contributed by atoms with Crippen LogP contribution in [-0.4, -0.2) is 14.9 Å². The molecule has 9 heteroatoms. The first-order chi connectivity index (χ1) is 8.32. The number of aromatic amines is 1. The SMILES string of the molecule is O=[N+]([O-])c1cc(C(F)(F)F)cc2[nH]c(CF)nc12. The molecule has 96 valence electrons. The highest BCUT2D eigenvalue weighted by Crippen LogP contribution is 2.35. The third kappa shape index (κ3) is 1.98. The first kappa shape index (κ1) is 12.3. The number of nitro benzene ring substituents is 1. The summed E-state index contributed by atoms with van der Waals surface area (Å²) >= 11 is 0. The Bertz CT molecular complexity index is 620. The zero-order valence-electron chi connectivity index (χ0n) is 8.58. The summed E-state index contributed by atoms with van der Waals surface area (Å²) in [4.78, 5) is 15.5. The molecule has 2 aromatic rings. The number of non-ortho nitro benzene ring substituents is 1. The molecule has 0 saturated heterocycles. The molecule has 0 radical (unpaired) electrons. The van der Waals surface area contributed by atoms with Gasteiger partial charge in [-0.25, -0.2) is 9.37 Å². The Balaban J connectivity index is 2.76. The van der Waals surface area contributed by atoms with Crippen LogP contribution in [0.1, 0.15) is 11.4 Å². The molecule has 5 nitrogen and oxygen atoms in total. The third-order valence-electron chi connectivity index (χ3n) is 2.27. The fourth-order valence-corrected chi connectivity index (χ4v) is 1.52. The molecule has 0 fully saturated rings. The Morgan fingerprint density at radius 3 is 2.56 bits per heavy atom. The second kappa shape index (κ2) is 3.93. The monoisotopic (exact) mass is 263 g/mol. The standard InChI is InChI=1S/C9H5F4N3O2/c10-3-7-14-5-1-4(9(11,12)13)2-6(16(17)18)8(5)15-7/h1-2H,3H2,(H,14,15). The maximum atomic E-state index is 12.5. The van der Waals surface area contributed by atoms with Gasteiger partial charge in [-0.3, -0.25) is 10.1 Å². The molecule has 0 aliphatic heterocycles. The van der Waals surface area contributed by atoms with Crippen LogP contribution in [0.15, 0.2) is 12.1 Å². The van der Waals surface area contributed by atoms with Crippen LogP contribution in [0, 0.1) is 10.1 Å². The molecule has 18 heavy (non-hydrogen) atoms. The molecule has 1 aromatic carbocycles. The molecular formula is C9H5F4N3O2. The van der Waals surface area contributed by atoms with Crippen LogP contribution in [-0.2, 0) is 12.9 Å². The number of nitrogens with one attached hydrogen (secondary N) is 1. The number of nitrogens with zero attached hydrogens (tertiary/aromatic N) is 2. The van der Waals surface area contributed by atoms with E-state index in [4.69, 9.17) is 0 Å². The van der Waals surface area contributed by atoms with Gasteiger partial charge in [-0.2, -0.15) is 13.2 Å². The number of halogens is 4. The highest BCUT2D eigenvalue weighted by atomic mass is 19.4. The number of hydrogen-bond donors (Lipinski definition) is 1. The summed E-state index contributed by atoms with van der Waals surface area (Å²) in [6.07, 6.45) is -4.72. The fourth-order valence-electron chi connectivity index (χ4n) is 1.52. The lowest BCUT2D eigenvalue weighted by Gasteiger charge is -2.05. The zero-order chi connectivity index (χ0) is 13.5. The van der Waals surface area contributed by atoms with Crippen molar-refractivity contribution in [3.05, 3.63) is 33.6 Å². The van der Waals surface area contributed by atoms with Gasteiger partial charge < -0.3 is 4.98 Å². The van der Waals surface area contributed by atoms with E-state index in [0.29, 0.717) is 12.1 Å². The second-order valence-corrected chi connectivity index (χ2v) is 3.46. The number of fused-ring (bicyclic) bond motifs is 1. The highest BCUT2D eigenvalue weighted by molar-refractivity contribution is 5.85. The number of benzene rings is 1. The lowest BCUT2D eigenvalue weighted by Crippen LogP contribution is -2.05. The number of aromatic nitrogens is 2. The second-order valence-electron chi connectivity index (χ2n) is 3.46. The molecule has 0 saturated carbocycles. The van der Waals surface area contributed by atoms with E-state index in [1.165, 1.54) is 0 Å². The van der Waals surface area contributed by atoms with Crippen molar-refractivity contribution in [3.8, 4) is 0 Å². The number of imidazole rings is 1. The Kier molecular flexibility index (Phi) is 2.68. The Labute approximate surface area is 96.6 Å². The highest BCUT2D eigenvalue weighted by Gasteiger charge is 2.34. The smallest absolute Gasteiger partial charge is 0.340 e. The normalized spacial score (nSPS) is 12.0. The van der Waals surface area contributed by atoms with E-state index in [1.54, 1.807) is 0 Å². The van der Waals surface area contributed by atoms with Crippen LogP contribution in [0.2, 0.25) is 0 Å². The molecule has 0 aliphatic carbocycles. The first-order valence-corrected chi connectivity index (χ1v) is 4.63. The first-order valence-electron chi connectivity index (χ1n) is 4.63. The largest absolute Gasteiger partial charge is 0.416 e. The minimum Gasteiger partial charge on any atom is -0.340 e. The summed E-state index contributed by atoms with van der Waals surface area (Å²) in [6, 6.07) is 1.04. The van der Waals surface area contributed by atoms with Gasteiger partial charge in [-0.15, -0.1) is 0 Å². The van der Waals surface area contributed by atoms with E-state index >= 15 is 0 Å². The molecule has 1 N–H and O–H groups in total. The predicted molar refractivity (Wildman–Crippen MR) is 52.6 cm³/mol. The lowest BCUT2D eigenvalue weighted by atomic mass is 10.1. The van der Waals surface area contributed by atoms with Gasteiger partial charge in [0.15, 0.2) is 5.52 Å². The summed E-state index contributed by atoms with van der Waals surface area (Å²) in [6.45, 7) is -1.05. The average molecular weight is 263 g/mol. The topological polar surface area (TPSA) is 71.8 Å². The van der Waals surface area contributed by atoms with Crippen molar-refractivity contribution in [2.45, 2.75) is 12.9 Å². The minimum absolute atomic E-state index is 0.218. The van der Waals surface area contributed by atoms with Gasteiger partial charge in [0.05, 0.1) is 16.0 Å². The predicted octanol–water partition coefficient (Wildman–Crippen LogP) is 2.96. The molecule has 0 amide bonds. The van der Waals surface area contributed by atoms with E-state index in [1.807, 2.05) is 0 Å². The Morgan fingerprint density at radius 2 is 2.06 bits per heavy atom. The molecule has 0 bridgehead atoms. The summed E-state index contributed by atoms with van der Waals surface area (Å²) in [5, 5.41) is 10.7. The summed E-state index contributed by atoms with van der Waals surface area (Å²) < 4.78 is 49.9. The molecule has 2 rings (SSSR count). The number of hydrogen-bond acceptors (Lipinski definition) is 3. The van der Waals surface area contributed by atoms with Crippen molar-refractivity contribution in [3.63, 3.8) is 0 Å². The number of alkyl halides is 4. The van der Waals surface area contributed by atoms with Gasteiger partial charge in [-0.05, 0) is 6.07 Å². The van der Waals surface area contributed by atoms with Crippen molar-refractivity contribution < 1.29 is 22.5 Å². The third-order valence-corrected chi connectivity index (χ3v) is 2.27. The van der Waals surface area contributed by atoms with Crippen LogP contribution in [0.25, 0.3) is 11.0 Å². The number of H-pyrrole nitrogens is 1. The molecule has 0 atom stereocenters. The molecule has 0 spiro atoms. The maximum absolute atomic E-state index is 12.5. The quantitative estimate of drug-likeness (QED) is 0.514. The van der Waals surface area contributed by atoms with Crippen molar-refractivity contribution in [1.29, 1.82) is 0 Å². The van der Waals surface area contributed by atoms with Gasteiger partial charge in [0.25, 0.3) is 5.69 Å². The van der Waals surface area contributed by atoms with Crippen LogP contribution < -0.4 is 0 Å². The lowest BCUT2D eigenvalue weighted by molar-refractivity contribution is -0.383. The molecule has 1 aromatic heterocycles. The summed E-state index contributed by atoms with van der Waals surface area (Å²) in [7, 11) is 0. The zero-order valence-corrected chi connectivity index (χ0v) is 8.58. The van der Waals surface area contributed by atoms with E-state index in [0.717, 1.165) is 0 Å². The van der Waals surface area contributed by atoms with Crippen molar-refractivity contribution in [1.82, 2.24) is 9.97 Å². The maximum Gasteiger partial charge on any atom is 0.416 e. The van der Waals surface area contributed by atoms with Gasteiger partial charge in [0.1, 0.15) is 12.5 Å². The van der Waals surface area contributed by atoms with Gasteiger partial charge >= 0.3 is 6.18 Å². The fraction of sp³-hybridized carbons (Fsp3) is 0.222. The van der Waals surface area contributed by atoms with E-state index in [2.05, 4.69) is 9.97 Å². The van der Waals surface area contributed by atoms with Crippen LogP contribution in [0.5, 0.6) is 0 Å². The van der Waals surface area contributed by atoms with Gasteiger partial charge in [0.2, 0.25) is 0 Å². The number of nitro groups is 1. The van der Waals surface area contributed by atoms with Crippen LogP contribution in [0.3, 0.4) is 0 Å². The van der Waals surface area contributed by atoms with Crippen molar-refractivity contribution in [2.24, 2.45) is 0 Å². The van der Waals surface area contributed by atoms with E-state index in [9.17, 15) is 27.7 Å². The average Bonchev–Trinajstić information content (AvgIpc) is 2.68. The molecule has 0 unspecified atom stereocenters. The van der Waals surface area contributed by atoms with Crippen molar-refractivity contribution in [2.75, 3.05) is 0 Å².